The molecule has 1 aromatic carbocycles. The highest BCUT2D eigenvalue weighted by molar-refractivity contribution is 5.91. The summed E-state index contributed by atoms with van der Waals surface area (Å²) in [5.74, 6) is 0.594. The summed E-state index contributed by atoms with van der Waals surface area (Å²) in [5.41, 5.74) is 2.29. The van der Waals surface area contributed by atoms with Crippen LogP contribution in [0.5, 0.6) is 0 Å². The molecule has 0 atom stereocenters. The quantitative estimate of drug-likeness (QED) is 0.795. The van der Waals surface area contributed by atoms with Crippen LogP contribution < -0.4 is 5.32 Å². The van der Waals surface area contributed by atoms with E-state index < -0.39 is 0 Å². The summed E-state index contributed by atoms with van der Waals surface area (Å²) in [6, 6.07) is 10.0. The summed E-state index contributed by atoms with van der Waals surface area (Å²) < 4.78 is 1.46. The zero-order chi connectivity index (χ0) is 14.7. The summed E-state index contributed by atoms with van der Waals surface area (Å²) in [6.07, 6.45) is 3.35. The number of hydrogen-bond acceptors (Lipinski definition) is 5. The number of benzene rings is 1. The van der Waals surface area contributed by atoms with Crippen molar-refractivity contribution in [2.75, 3.05) is 5.32 Å². The van der Waals surface area contributed by atoms with Crippen LogP contribution in [0.3, 0.4) is 0 Å². The van der Waals surface area contributed by atoms with Crippen LogP contribution >= 0.6 is 0 Å². The van der Waals surface area contributed by atoms with Gasteiger partial charge in [-0.3, -0.25) is 9.36 Å². The van der Waals surface area contributed by atoms with E-state index in [4.69, 9.17) is 0 Å². The Morgan fingerprint density at radius 3 is 2.76 bits per heavy atom. The van der Waals surface area contributed by atoms with E-state index in [0.717, 1.165) is 5.56 Å². The van der Waals surface area contributed by atoms with Crippen molar-refractivity contribution >= 4 is 22.9 Å². The second-order valence-corrected chi connectivity index (χ2v) is 4.60. The Labute approximate surface area is 121 Å². The van der Waals surface area contributed by atoms with E-state index in [1.165, 1.54) is 17.2 Å². The molecule has 0 saturated carbocycles. The first kappa shape index (κ1) is 13.2. The van der Waals surface area contributed by atoms with E-state index in [1.54, 1.807) is 0 Å². The summed E-state index contributed by atoms with van der Waals surface area (Å²) in [5, 5.41) is 3.24. The number of nitrogens with one attached hydrogen (secondary N) is 1. The maximum atomic E-state index is 11.8. The number of hydrogen-bond donors (Lipinski definition) is 1. The second-order valence-electron chi connectivity index (χ2n) is 4.60. The second kappa shape index (κ2) is 5.70. The SMILES string of the molecule is CCC(=O)n1cnc2c(NCc3ccccc3)ncnc21. The molecule has 106 valence electrons. The van der Waals surface area contributed by atoms with Crippen LogP contribution in [-0.2, 0) is 6.54 Å². The Morgan fingerprint density at radius 1 is 1.19 bits per heavy atom. The van der Waals surface area contributed by atoms with Gasteiger partial charge in [0.25, 0.3) is 0 Å². The van der Waals surface area contributed by atoms with E-state index in [-0.39, 0.29) is 5.91 Å². The Morgan fingerprint density at radius 2 is 2.00 bits per heavy atom. The molecule has 6 nitrogen and oxygen atoms in total. The minimum absolute atomic E-state index is 0.0368. The van der Waals surface area contributed by atoms with E-state index in [1.807, 2.05) is 37.3 Å². The first-order valence-corrected chi connectivity index (χ1v) is 6.78. The fourth-order valence-electron chi connectivity index (χ4n) is 2.10. The molecule has 6 heteroatoms. The molecule has 0 fully saturated rings. The molecular formula is C15H15N5O. The van der Waals surface area contributed by atoms with Gasteiger partial charge < -0.3 is 5.32 Å². The number of imidazole rings is 1. The number of rotatable bonds is 4. The van der Waals surface area contributed by atoms with Gasteiger partial charge in [-0.15, -0.1) is 0 Å². The van der Waals surface area contributed by atoms with E-state index in [0.29, 0.717) is 29.9 Å². The van der Waals surface area contributed by atoms with Crippen LogP contribution in [0.1, 0.15) is 23.7 Å². The van der Waals surface area contributed by atoms with Gasteiger partial charge in [-0.25, -0.2) is 15.0 Å². The minimum atomic E-state index is -0.0368. The highest BCUT2D eigenvalue weighted by atomic mass is 16.2. The van der Waals surface area contributed by atoms with Crippen LogP contribution in [-0.4, -0.2) is 25.4 Å². The molecule has 0 aliphatic heterocycles. The molecule has 0 amide bonds. The highest BCUT2D eigenvalue weighted by Crippen LogP contribution is 2.18. The Bertz CT molecular complexity index is 766. The third-order valence-electron chi connectivity index (χ3n) is 3.21. The van der Waals surface area contributed by atoms with Crippen molar-refractivity contribution < 1.29 is 4.79 Å². The highest BCUT2D eigenvalue weighted by Gasteiger charge is 2.13. The number of fused-ring (bicyclic) bond motifs is 1. The van der Waals surface area contributed by atoms with Crippen molar-refractivity contribution in [3.05, 3.63) is 48.5 Å². The van der Waals surface area contributed by atoms with Crippen molar-refractivity contribution in [3.8, 4) is 0 Å². The summed E-state index contributed by atoms with van der Waals surface area (Å²) in [6.45, 7) is 2.45. The molecule has 1 N–H and O–H groups in total. The van der Waals surface area contributed by atoms with Crippen LogP contribution in [0.4, 0.5) is 5.82 Å². The molecule has 0 aliphatic carbocycles. The summed E-state index contributed by atoms with van der Waals surface area (Å²) in [4.78, 5) is 24.4. The topological polar surface area (TPSA) is 72.7 Å². The fraction of sp³-hybridized carbons (Fsp3) is 0.200. The normalized spacial score (nSPS) is 10.7. The molecule has 0 spiro atoms. The number of nitrogens with zero attached hydrogens (tertiary/aromatic N) is 4. The van der Waals surface area contributed by atoms with Crippen LogP contribution in [0.2, 0.25) is 0 Å². The van der Waals surface area contributed by atoms with Crippen molar-refractivity contribution in [2.45, 2.75) is 19.9 Å². The maximum absolute atomic E-state index is 11.8. The van der Waals surface area contributed by atoms with E-state index in [2.05, 4.69) is 20.3 Å². The zero-order valence-corrected chi connectivity index (χ0v) is 11.7. The van der Waals surface area contributed by atoms with Gasteiger partial charge in [-0.05, 0) is 5.56 Å². The first-order valence-electron chi connectivity index (χ1n) is 6.78. The first-order chi connectivity index (χ1) is 10.3. The van der Waals surface area contributed by atoms with E-state index >= 15 is 0 Å². The summed E-state index contributed by atoms with van der Waals surface area (Å²) in [7, 11) is 0. The summed E-state index contributed by atoms with van der Waals surface area (Å²) >= 11 is 0. The molecule has 0 unspecified atom stereocenters. The van der Waals surface area contributed by atoms with Gasteiger partial charge >= 0.3 is 0 Å². The Balaban J connectivity index is 1.89. The van der Waals surface area contributed by atoms with Gasteiger partial charge in [-0.1, -0.05) is 37.3 Å². The minimum Gasteiger partial charge on any atom is -0.364 e. The zero-order valence-electron chi connectivity index (χ0n) is 11.7. The fourth-order valence-corrected chi connectivity index (χ4v) is 2.10. The van der Waals surface area contributed by atoms with Crippen molar-refractivity contribution in [1.29, 1.82) is 0 Å². The molecule has 0 aliphatic rings. The smallest absolute Gasteiger partial charge is 0.233 e. The molecule has 3 rings (SSSR count). The van der Waals surface area contributed by atoms with Gasteiger partial charge in [0.15, 0.2) is 17.0 Å². The molecule has 2 heterocycles. The molecule has 21 heavy (non-hydrogen) atoms. The van der Waals surface area contributed by atoms with Crippen LogP contribution in [0, 0.1) is 0 Å². The molecule has 0 saturated heterocycles. The van der Waals surface area contributed by atoms with Crippen LogP contribution in [0.25, 0.3) is 11.2 Å². The molecule has 0 radical (unpaired) electrons. The number of carbonyl (C=O) groups is 1. The average molecular weight is 281 g/mol. The Kier molecular flexibility index (Phi) is 3.59. The lowest BCUT2D eigenvalue weighted by molar-refractivity contribution is 0.0913. The van der Waals surface area contributed by atoms with Gasteiger partial charge in [-0.2, -0.15) is 0 Å². The lowest BCUT2D eigenvalue weighted by Crippen LogP contribution is -2.08. The maximum Gasteiger partial charge on any atom is 0.233 e. The van der Waals surface area contributed by atoms with Crippen molar-refractivity contribution in [2.24, 2.45) is 0 Å². The third kappa shape index (κ3) is 2.60. The molecule has 0 bridgehead atoms. The largest absolute Gasteiger partial charge is 0.364 e. The van der Waals surface area contributed by atoms with Gasteiger partial charge in [0.2, 0.25) is 5.91 Å². The molecule has 3 aromatic rings. The lowest BCUT2D eigenvalue weighted by Gasteiger charge is -2.06. The Hall–Kier alpha value is -2.76. The number of anilines is 1. The monoisotopic (exact) mass is 281 g/mol. The standard InChI is InChI=1S/C15H15N5O/c1-2-12(21)20-10-19-13-14(17-9-18-15(13)20)16-8-11-6-4-3-5-7-11/h3-7,9-10H,2,8H2,1H3,(H,16,17,18). The predicted molar refractivity (Wildman–Crippen MR) is 80.0 cm³/mol. The van der Waals surface area contributed by atoms with Gasteiger partial charge in [0.1, 0.15) is 12.7 Å². The number of aromatic nitrogens is 4. The van der Waals surface area contributed by atoms with Gasteiger partial charge in [0.05, 0.1) is 0 Å². The average Bonchev–Trinajstić information content (AvgIpc) is 2.97. The third-order valence-corrected chi connectivity index (χ3v) is 3.21. The molecule has 2 aromatic heterocycles. The number of carbonyl (C=O) groups excluding carboxylic acids is 1. The van der Waals surface area contributed by atoms with Crippen molar-refractivity contribution in [1.82, 2.24) is 19.5 Å². The predicted octanol–water partition coefficient (Wildman–Crippen LogP) is 2.49. The van der Waals surface area contributed by atoms with Crippen LogP contribution in [0.15, 0.2) is 43.0 Å². The molecular weight excluding hydrogens is 266 g/mol. The lowest BCUT2D eigenvalue weighted by atomic mass is 10.2. The van der Waals surface area contributed by atoms with E-state index in [9.17, 15) is 4.79 Å². The van der Waals surface area contributed by atoms with Crippen molar-refractivity contribution in [3.63, 3.8) is 0 Å². The van der Waals surface area contributed by atoms with Gasteiger partial charge in [0, 0.05) is 13.0 Å².